The molecule has 0 saturated carbocycles. The van der Waals surface area contributed by atoms with Crippen molar-refractivity contribution in [3.05, 3.63) is 29.8 Å². The molecule has 0 saturated heterocycles. The van der Waals surface area contributed by atoms with Crippen LogP contribution in [0.2, 0.25) is 0 Å². The maximum absolute atomic E-state index is 12.2. The van der Waals surface area contributed by atoms with Gasteiger partial charge in [0, 0.05) is 19.8 Å². The third-order valence-electron chi connectivity index (χ3n) is 3.10. The minimum Gasteiger partial charge on any atom is -0.342 e. The Morgan fingerprint density at radius 3 is 2.94 bits per heavy atom. The first kappa shape index (κ1) is 11.8. The molecule has 1 aromatic carbocycles. The lowest BCUT2D eigenvalue weighted by molar-refractivity contribution is 0.0792. The van der Waals surface area contributed by atoms with Crippen molar-refractivity contribution in [2.75, 3.05) is 13.6 Å². The van der Waals surface area contributed by atoms with Gasteiger partial charge >= 0.3 is 0 Å². The van der Waals surface area contributed by atoms with Gasteiger partial charge in [-0.3, -0.25) is 9.79 Å². The molecular formula is C14H18N2O. The second-order valence-electron chi connectivity index (χ2n) is 4.64. The van der Waals surface area contributed by atoms with Gasteiger partial charge in [-0.25, -0.2) is 0 Å². The second kappa shape index (κ2) is 5.13. The molecule has 0 spiro atoms. The lowest BCUT2D eigenvalue weighted by Gasteiger charge is -2.20. The number of nitrogens with zero attached hydrogens (tertiary/aromatic N) is 2. The zero-order valence-corrected chi connectivity index (χ0v) is 10.4. The molecule has 0 fully saturated rings. The fraction of sp³-hybridized carbons (Fsp3) is 0.429. The monoisotopic (exact) mass is 230 g/mol. The van der Waals surface area contributed by atoms with Crippen LogP contribution in [0.25, 0.3) is 0 Å². The summed E-state index contributed by atoms with van der Waals surface area (Å²) in [5.41, 5.74) is 1.47. The van der Waals surface area contributed by atoms with E-state index >= 15 is 0 Å². The van der Waals surface area contributed by atoms with Gasteiger partial charge in [0.25, 0.3) is 5.91 Å². The molecule has 1 aliphatic rings. The molecule has 1 atom stereocenters. The van der Waals surface area contributed by atoms with Gasteiger partial charge in [-0.1, -0.05) is 19.1 Å². The zero-order valence-electron chi connectivity index (χ0n) is 10.4. The van der Waals surface area contributed by atoms with Crippen molar-refractivity contribution < 1.29 is 4.79 Å². The van der Waals surface area contributed by atoms with Crippen molar-refractivity contribution >= 4 is 17.8 Å². The van der Waals surface area contributed by atoms with E-state index in [2.05, 4.69) is 11.9 Å². The first-order valence-corrected chi connectivity index (χ1v) is 6.07. The summed E-state index contributed by atoms with van der Waals surface area (Å²) in [5, 5.41) is 0. The average Bonchev–Trinajstić information content (AvgIpc) is 2.35. The molecular weight excluding hydrogens is 212 g/mol. The van der Waals surface area contributed by atoms with Gasteiger partial charge in [0.1, 0.15) is 0 Å². The Morgan fingerprint density at radius 2 is 2.12 bits per heavy atom. The normalized spacial score (nSPS) is 23.1. The molecule has 0 bridgehead atoms. The van der Waals surface area contributed by atoms with Gasteiger partial charge in [0.2, 0.25) is 0 Å². The van der Waals surface area contributed by atoms with Gasteiger partial charge in [-0.05, 0) is 30.9 Å². The van der Waals surface area contributed by atoms with E-state index < -0.39 is 0 Å². The topological polar surface area (TPSA) is 32.7 Å². The van der Waals surface area contributed by atoms with Crippen LogP contribution in [0.15, 0.2) is 29.3 Å². The van der Waals surface area contributed by atoms with E-state index in [0.717, 1.165) is 25.1 Å². The molecule has 1 unspecified atom stereocenters. The van der Waals surface area contributed by atoms with Crippen molar-refractivity contribution in [3.8, 4) is 0 Å². The lowest BCUT2D eigenvalue weighted by Crippen LogP contribution is -2.28. The Balaban J connectivity index is 2.41. The molecule has 0 aromatic heterocycles. The summed E-state index contributed by atoms with van der Waals surface area (Å²) >= 11 is 0. The highest BCUT2D eigenvalue weighted by atomic mass is 16.2. The fourth-order valence-corrected chi connectivity index (χ4v) is 2.01. The summed E-state index contributed by atoms with van der Waals surface area (Å²) in [6.07, 6.45) is 4.05. The number of hydrogen-bond acceptors (Lipinski definition) is 2. The minimum absolute atomic E-state index is 0.0623. The molecule has 17 heavy (non-hydrogen) atoms. The Hall–Kier alpha value is -1.64. The maximum atomic E-state index is 12.2. The summed E-state index contributed by atoms with van der Waals surface area (Å²) in [5.74, 6) is 0.525. The number of aliphatic imine (C=N–C) groups is 1. The number of rotatable bonds is 0. The molecule has 1 heterocycles. The van der Waals surface area contributed by atoms with Crippen LogP contribution in [-0.2, 0) is 0 Å². The van der Waals surface area contributed by atoms with Gasteiger partial charge in [0.15, 0.2) is 0 Å². The van der Waals surface area contributed by atoms with Crippen LogP contribution in [0.1, 0.15) is 30.1 Å². The van der Waals surface area contributed by atoms with Crippen LogP contribution >= 0.6 is 0 Å². The molecule has 1 aromatic rings. The number of fused-ring (bicyclic) bond motifs is 1. The van der Waals surface area contributed by atoms with Crippen LogP contribution in [0, 0.1) is 5.92 Å². The van der Waals surface area contributed by atoms with Crippen LogP contribution in [0.4, 0.5) is 5.69 Å². The molecule has 1 aliphatic heterocycles. The number of para-hydroxylation sites is 1. The summed E-state index contributed by atoms with van der Waals surface area (Å²) < 4.78 is 0. The second-order valence-corrected chi connectivity index (χ2v) is 4.64. The highest BCUT2D eigenvalue weighted by Gasteiger charge is 2.16. The highest BCUT2D eigenvalue weighted by molar-refractivity contribution is 5.99. The first-order chi connectivity index (χ1) is 8.18. The van der Waals surface area contributed by atoms with E-state index in [-0.39, 0.29) is 5.91 Å². The van der Waals surface area contributed by atoms with Gasteiger partial charge in [0.05, 0.1) is 11.3 Å². The summed E-state index contributed by atoms with van der Waals surface area (Å²) in [7, 11) is 1.86. The standard InChI is InChI=1S/C14H18N2O/c1-11-6-5-9-16(2)14(17)12-7-3-4-8-13(12)15-10-11/h3-4,7-8,10-11H,5-6,9H2,1-2H3/b15-10-. The number of hydrogen-bond donors (Lipinski definition) is 0. The van der Waals surface area contributed by atoms with Gasteiger partial charge < -0.3 is 4.90 Å². The quantitative estimate of drug-likeness (QED) is 0.674. The first-order valence-electron chi connectivity index (χ1n) is 6.07. The van der Waals surface area contributed by atoms with E-state index in [1.165, 1.54) is 0 Å². The van der Waals surface area contributed by atoms with Gasteiger partial charge in [-0.15, -0.1) is 0 Å². The van der Waals surface area contributed by atoms with Crippen LogP contribution in [0.3, 0.4) is 0 Å². The predicted molar refractivity (Wildman–Crippen MR) is 70.0 cm³/mol. The van der Waals surface area contributed by atoms with Crippen molar-refractivity contribution in [2.45, 2.75) is 19.8 Å². The van der Waals surface area contributed by atoms with E-state index in [9.17, 15) is 4.79 Å². The number of carbonyl (C=O) groups is 1. The Kier molecular flexibility index (Phi) is 3.57. The number of benzene rings is 1. The molecule has 0 radical (unpaired) electrons. The fourth-order valence-electron chi connectivity index (χ4n) is 2.01. The molecule has 1 amide bonds. The third kappa shape index (κ3) is 2.73. The largest absolute Gasteiger partial charge is 0.342 e. The van der Waals surface area contributed by atoms with Crippen molar-refractivity contribution in [2.24, 2.45) is 10.9 Å². The zero-order chi connectivity index (χ0) is 12.3. The van der Waals surface area contributed by atoms with Gasteiger partial charge in [-0.2, -0.15) is 0 Å². The summed E-state index contributed by atoms with van der Waals surface area (Å²) in [6.45, 7) is 2.97. The van der Waals surface area contributed by atoms with E-state index in [4.69, 9.17) is 0 Å². The maximum Gasteiger partial charge on any atom is 0.255 e. The number of carbonyl (C=O) groups excluding carboxylic acids is 1. The molecule has 90 valence electrons. The Morgan fingerprint density at radius 1 is 1.35 bits per heavy atom. The molecule has 3 heteroatoms. The van der Waals surface area contributed by atoms with Crippen molar-refractivity contribution in [1.29, 1.82) is 0 Å². The minimum atomic E-state index is 0.0623. The smallest absolute Gasteiger partial charge is 0.255 e. The number of amides is 1. The SMILES string of the molecule is CC1/C=N\c2ccccc2C(=O)N(C)CCC1. The molecule has 0 aliphatic carbocycles. The van der Waals surface area contributed by atoms with E-state index in [0.29, 0.717) is 11.5 Å². The van der Waals surface area contributed by atoms with E-state index in [1.807, 2.05) is 37.5 Å². The average molecular weight is 230 g/mol. The summed E-state index contributed by atoms with van der Waals surface area (Å²) in [6, 6.07) is 7.54. The van der Waals surface area contributed by atoms with Crippen molar-refractivity contribution in [1.82, 2.24) is 4.90 Å². The van der Waals surface area contributed by atoms with Crippen LogP contribution in [0.5, 0.6) is 0 Å². The van der Waals surface area contributed by atoms with E-state index in [1.54, 1.807) is 4.90 Å². The molecule has 2 rings (SSSR count). The van der Waals surface area contributed by atoms with Crippen molar-refractivity contribution in [3.63, 3.8) is 0 Å². The third-order valence-corrected chi connectivity index (χ3v) is 3.10. The molecule has 0 N–H and O–H groups in total. The Bertz CT molecular complexity index is 440. The predicted octanol–water partition coefficient (Wildman–Crippen LogP) is 2.89. The highest BCUT2D eigenvalue weighted by Crippen LogP contribution is 2.21. The summed E-state index contributed by atoms with van der Waals surface area (Å²) in [4.78, 5) is 18.4. The van der Waals surface area contributed by atoms with Crippen LogP contribution < -0.4 is 0 Å². The molecule has 3 nitrogen and oxygen atoms in total. The lowest BCUT2D eigenvalue weighted by atomic mass is 10.1. The van der Waals surface area contributed by atoms with Crippen LogP contribution in [-0.4, -0.2) is 30.6 Å². The Labute approximate surface area is 102 Å².